The van der Waals surface area contributed by atoms with E-state index in [-0.39, 0.29) is 12.5 Å². The van der Waals surface area contributed by atoms with Crippen LogP contribution in [0.1, 0.15) is 20.3 Å². The Labute approximate surface area is 91.9 Å². The lowest BCUT2D eigenvalue weighted by atomic mass is 10.1. The standard InChI is InChI=1S/C9H20N2O3S/c1-8(2)5-6-10-9(12)7-11(3)15(4,13)14/h8H,5-7H2,1-4H3,(H,10,12). The van der Waals surface area contributed by atoms with Gasteiger partial charge in [-0.1, -0.05) is 13.8 Å². The summed E-state index contributed by atoms with van der Waals surface area (Å²) in [6, 6.07) is 0. The molecule has 5 nitrogen and oxygen atoms in total. The second-order valence-corrected chi connectivity index (χ2v) is 6.14. The van der Waals surface area contributed by atoms with E-state index in [1.165, 1.54) is 7.05 Å². The quantitative estimate of drug-likeness (QED) is 0.708. The van der Waals surface area contributed by atoms with Crippen molar-refractivity contribution in [1.29, 1.82) is 0 Å². The third kappa shape index (κ3) is 7.33. The molecule has 0 unspecified atom stereocenters. The van der Waals surface area contributed by atoms with Crippen LogP contribution in [-0.2, 0) is 14.8 Å². The molecule has 0 saturated carbocycles. The minimum atomic E-state index is -3.27. The first-order valence-corrected chi connectivity index (χ1v) is 6.76. The summed E-state index contributed by atoms with van der Waals surface area (Å²) in [6.45, 7) is 4.61. The monoisotopic (exact) mass is 236 g/mol. The van der Waals surface area contributed by atoms with Crippen LogP contribution in [0.5, 0.6) is 0 Å². The summed E-state index contributed by atoms with van der Waals surface area (Å²) in [5, 5.41) is 2.67. The van der Waals surface area contributed by atoms with Gasteiger partial charge in [-0.2, -0.15) is 4.31 Å². The van der Waals surface area contributed by atoms with Crippen LogP contribution in [-0.4, -0.2) is 45.0 Å². The molecule has 0 bridgehead atoms. The van der Waals surface area contributed by atoms with E-state index in [1.54, 1.807) is 0 Å². The van der Waals surface area contributed by atoms with Gasteiger partial charge in [0.2, 0.25) is 15.9 Å². The Morgan fingerprint density at radius 2 is 1.93 bits per heavy atom. The zero-order chi connectivity index (χ0) is 12.1. The Morgan fingerprint density at radius 3 is 2.33 bits per heavy atom. The molecule has 1 N–H and O–H groups in total. The van der Waals surface area contributed by atoms with E-state index in [9.17, 15) is 13.2 Å². The van der Waals surface area contributed by atoms with Crippen molar-refractivity contribution in [3.8, 4) is 0 Å². The summed E-state index contributed by atoms with van der Waals surface area (Å²) in [7, 11) is -1.88. The number of carbonyl (C=O) groups is 1. The Morgan fingerprint density at radius 1 is 1.40 bits per heavy atom. The van der Waals surface area contributed by atoms with Gasteiger partial charge in [0.15, 0.2) is 0 Å². The third-order valence-electron chi connectivity index (χ3n) is 1.98. The van der Waals surface area contributed by atoms with Gasteiger partial charge < -0.3 is 5.32 Å². The second kappa shape index (κ2) is 6.07. The molecule has 0 aliphatic carbocycles. The third-order valence-corrected chi connectivity index (χ3v) is 3.24. The van der Waals surface area contributed by atoms with Gasteiger partial charge in [-0.3, -0.25) is 4.79 Å². The fraction of sp³-hybridized carbons (Fsp3) is 0.889. The molecular formula is C9H20N2O3S. The topological polar surface area (TPSA) is 66.5 Å². The Hall–Kier alpha value is -0.620. The Balaban J connectivity index is 3.85. The van der Waals surface area contributed by atoms with Gasteiger partial charge in [-0.05, 0) is 12.3 Å². The van der Waals surface area contributed by atoms with E-state index in [0.29, 0.717) is 12.5 Å². The molecule has 6 heteroatoms. The molecule has 0 spiro atoms. The van der Waals surface area contributed by atoms with Crippen molar-refractivity contribution in [3.63, 3.8) is 0 Å². The molecule has 0 aromatic heterocycles. The number of amides is 1. The summed E-state index contributed by atoms with van der Waals surface area (Å²) in [6.07, 6.45) is 1.97. The molecule has 0 saturated heterocycles. The lowest BCUT2D eigenvalue weighted by molar-refractivity contribution is -0.121. The molecule has 0 atom stereocenters. The first-order valence-electron chi connectivity index (χ1n) is 4.91. The van der Waals surface area contributed by atoms with Gasteiger partial charge in [0.1, 0.15) is 0 Å². The zero-order valence-corrected chi connectivity index (χ0v) is 10.6. The van der Waals surface area contributed by atoms with Crippen molar-refractivity contribution < 1.29 is 13.2 Å². The highest BCUT2D eigenvalue weighted by Gasteiger charge is 2.14. The number of likely N-dealkylation sites (N-methyl/N-ethyl adjacent to an activating group) is 1. The average Bonchev–Trinajstić information content (AvgIpc) is 2.01. The molecule has 0 fully saturated rings. The number of nitrogens with zero attached hydrogens (tertiary/aromatic N) is 1. The summed E-state index contributed by atoms with van der Waals surface area (Å²) in [4.78, 5) is 11.3. The number of sulfonamides is 1. The SMILES string of the molecule is CC(C)CCNC(=O)CN(C)S(C)(=O)=O. The zero-order valence-electron chi connectivity index (χ0n) is 9.78. The highest BCUT2D eigenvalue weighted by Crippen LogP contribution is 1.96. The summed E-state index contributed by atoms with van der Waals surface area (Å²) in [5.41, 5.74) is 0. The van der Waals surface area contributed by atoms with Crippen LogP contribution in [0.2, 0.25) is 0 Å². The minimum absolute atomic E-state index is 0.114. The molecule has 0 aromatic rings. The second-order valence-electron chi connectivity index (χ2n) is 4.05. The van der Waals surface area contributed by atoms with Crippen molar-refractivity contribution in [2.45, 2.75) is 20.3 Å². The normalized spacial score (nSPS) is 12.1. The first kappa shape index (κ1) is 14.4. The van der Waals surface area contributed by atoms with Crippen LogP contribution in [0.4, 0.5) is 0 Å². The fourth-order valence-electron chi connectivity index (χ4n) is 0.876. The van der Waals surface area contributed by atoms with E-state index in [1.807, 2.05) is 0 Å². The van der Waals surface area contributed by atoms with Gasteiger partial charge in [0, 0.05) is 13.6 Å². The van der Waals surface area contributed by atoms with Crippen LogP contribution in [0.15, 0.2) is 0 Å². The van der Waals surface area contributed by atoms with Crippen molar-refractivity contribution in [3.05, 3.63) is 0 Å². The highest BCUT2D eigenvalue weighted by molar-refractivity contribution is 7.88. The van der Waals surface area contributed by atoms with E-state index in [0.717, 1.165) is 17.0 Å². The van der Waals surface area contributed by atoms with Gasteiger partial charge >= 0.3 is 0 Å². The molecule has 0 aliphatic heterocycles. The molecule has 0 heterocycles. The smallest absolute Gasteiger partial charge is 0.235 e. The lowest BCUT2D eigenvalue weighted by Crippen LogP contribution is -2.38. The van der Waals surface area contributed by atoms with Gasteiger partial charge in [0.25, 0.3) is 0 Å². The van der Waals surface area contributed by atoms with Gasteiger partial charge in [0.05, 0.1) is 12.8 Å². The molecule has 15 heavy (non-hydrogen) atoms. The molecular weight excluding hydrogens is 216 g/mol. The van der Waals surface area contributed by atoms with E-state index >= 15 is 0 Å². The number of hydrogen-bond donors (Lipinski definition) is 1. The maximum absolute atomic E-state index is 11.3. The predicted octanol–water partition coefficient (Wildman–Crippen LogP) is 0.0401. The van der Waals surface area contributed by atoms with Crippen molar-refractivity contribution in [2.75, 3.05) is 26.4 Å². The Kier molecular flexibility index (Phi) is 5.82. The maximum Gasteiger partial charge on any atom is 0.235 e. The largest absolute Gasteiger partial charge is 0.355 e. The van der Waals surface area contributed by atoms with E-state index in [4.69, 9.17) is 0 Å². The van der Waals surface area contributed by atoms with Crippen molar-refractivity contribution >= 4 is 15.9 Å². The molecule has 0 radical (unpaired) electrons. The van der Waals surface area contributed by atoms with Crippen molar-refractivity contribution in [1.82, 2.24) is 9.62 Å². The van der Waals surface area contributed by atoms with Crippen LogP contribution in [0.3, 0.4) is 0 Å². The number of carbonyl (C=O) groups excluding carboxylic acids is 1. The predicted molar refractivity (Wildman–Crippen MR) is 59.9 cm³/mol. The number of hydrogen-bond acceptors (Lipinski definition) is 3. The van der Waals surface area contributed by atoms with Crippen LogP contribution in [0.25, 0.3) is 0 Å². The van der Waals surface area contributed by atoms with Crippen LogP contribution < -0.4 is 5.32 Å². The maximum atomic E-state index is 11.3. The molecule has 0 rings (SSSR count). The molecule has 0 aliphatic rings. The lowest BCUT2D eigenvalue weighted by Gasteiger charge is -2.14. The highest BCUT2D eigenvalue weighted by atomic mass is 32.2. The summed E-state index contributed by atoms with van der Waals surface area (Å²) < 4.78 is 23.0. The van der Waals surface area contributed by atoms with Gasteiger partial charge in [-0.25, -0.2) is 8.42 Å². The van der Waals surface area contributed by atoms with Gasteiger partial charge in [-0.15, -0.1) is 0 Å². The summed E-state index contributed by atoms with van der Waals surface area (Å²) in [5.74, 6) is 0.265. The molecule has 90 valence electrons. The van der Waals surface area contributed by atoms with Crippen LogP contribution >= 0.6 is 0 Å². The van der Waals surface area contributed by atoms with Crippen LogP contribution in [0, 0.1) is 5.92 Å². The molecule has 0 aromatic carbocycles. The Bertz CT molecular complexity index is 298. The minimum Gasteiger partial charge on any atom is -0.355 e. The summed E-state index contributed by atoms with van der Waals surface area (Å²) >= 11 is 0. The number of nitrogens with one attached hydrogen (secondary N) is 1. The van der Waals surface area contributed by atoms with E-state index in [2.05, 4.69) is 19.2 Å². The first-order chi connectivity index (χ1) is 6.73. The molecule has 1 amide bonds. The fourth-order valence-corrected chi connectivity index (χ4v) is 1.23. The average molecular weight is 236 g/mol. The number of rotatable bonds is 6. The van der Waals surface area contributed by atoms with Crippen molar-refractivity contribution in [2.24, 2.45) is 5.92 Å². The van der Waals surface area contributed by atoms with E-state index < -0.39 is 10.0 Å².